The maximum absolute atomic E-state index is 12.7. The van der Waals surface area contributed by atoms with E-state index in [9.17, 15) is 4.79 Å². The molecule has 0 saturated carbocycles. The average molecular weight is 387 g/mol. The highest BCUT2D eigenvalue weighted by molar-refractivity contribution is 5.85. The molecule has 2 heterocycles. The van der Waals surface area contributed by atoms with E-state index in [4.69, 9.17) is 4.98 Å². The molecule has 5 nitrogen and oxygen atoms in total. The number of nitrogens with one attached hydrogen (secondary N) is 2. The second-order valence-corrected chi connectivity index (χ2v) is 7.11. The molecule has 1 amide bonds. The minimum atomic E-state index is -0.317. The molecular weight excluding hydrogens is 359 g/mol. The topological polar surface area (TPSA) is 59.0 Å². The maximum Gasteiger partial charge on any atom is 0.227 e. The van der Waals surface area contributed by atoms with Crippen molar-refractivity contribution in [2.75, 3.05) is 13.1 Å². The van der Waals surface area contributed by atoms with Crippen molar-refractivity contribution in [2.45, 2.75) is 46.2 Å². The highest BCUT2D eigenvalue weighted by atomic mass is 35.5. The monoisotopic (exact) mass is 386 g/mol. The van der Waals surface area contributed by atoms with Crippen LogP contribution in [0.3, 0.4) is 0 Å². The van der Waals surface area contributed by atoms with Crippen LogP contribution in [0.1, 0.15) is 52.0 Å². The van der Waals surface area contributed by atoms with Crippen LogP contribution >= 0.6 is 24.8 Å². The maximum atomic E-state index is 12.7. The molecule has 1 saturated heterocycles. The summed E-state index contributed by atoms with van der Waals surface area (Å²) >= 11 is 0. The molecule has 2 unspecified atom stereocenters. The number of para-hydroxylation sites is 2. The van der Waals surface area contributed by atoms with Crippen LogP contribution in [0.5, 0.6) is 0 Å². The number of carbonyl (C=O) groups excluding carboxylic acids is 1. The van der Waals surface area contributed by atoms with Gasteiger partial charge in [-0.2, -0.15) is 0 Å². The van der Waals surface area contributed by atoms with Gasteiger partial charge in [-0.25, -0.2) is 4.98 Å². The van der Waals surface area contributed by atoms with E-state index in [0.717, 1.165) is 36.4 Å². The predicted octanol–water partition coefficient (Wildman–Crippen LogP) is 3.64. The lowest BCUT2D eigenvalue weighted by atomic mass is 9.88. The molecule has 7 heteroatoms. The Kier molecular flexibility index (Phi) is 7.29. The van der Waals surface area contributed by atoms with Gasteiger partial charge in [0, 0.05) is 12.6 Å². The lowest BCUT2D eigenvalue weighted by Crippen LogP contribution is -2.42. The van der Waals surface area contributed by atoms with Gasteiger partial charge < -0.3 is 15.2 Å². The first-order valence-electron chi connectivity index (χ1n) is 8.41. The molecule has 1 fully saturated rings. The predicted molar refractivity (Wildman–Crippen MR) is 107 cm³/mol. The summed E-state index contributed by atoms with van der Waals surface area (Å²) in [6.07, 6.45) is 0.881. The molecule has 2 N–H and O–H groups in total. The number of halogens is 2. The molecule has 0 bridgehead atoms. The summed E-state index contributed by atoms with van der Waals surface area (Å²) in [5.74, 6) is 1.03. The average Bonchev–Trinajstić information content (AvgIpc) is 3.11. The van der Waals surface area contributed by atoms with E-state index in [0.29, 0.717) is 6.04 Å². The summed E-state index contributed by atoms with van der Waals surface area (Å²) in [4.78, 5) is 17.4. The Morgan fingerprint density at radius 3 is 2.56 bits per heavy atom. The molecule has 2 aromatic rings. The number of hydrogen-bond donors (Lipinski definition) is 2. The van der Waals surface area contributed by atoms with Crippen LogP contribution in [0.4, 0.5) is 0 Å². The third-order valence-corrected chi connectivity index (χ3v) is 4.79. The van der Waals surface area contributed by atoms with Crippen molar-refractivity contribution < 1.29 is 4.79 Å². The van der Waals surface area contributed by atoms with Crippen LogP contribution in [-0.4, -0.2) is 28.5 Å². The molecule has 1 aromatic heterocycles. The van der Waals surface area contributed by atoms with Gasteiger partial charge in [0.25, 0.3) is 0 Å². The first kappa shape index (κ1) is 21.7. The molecule has 2 atom stereocenters. The Hall–Kier alpha value is -1.30. The second-order valence-electron chi connectivity index (χ2n) is 7.11. The standard InChI is InChI=1S/C18H26N4O.2ClH/c1-12(2)22-15-8-6-5-7-14(15)21-16(22)13(3)20-17(23)18(4)9-10-19-11-18;;/h5-8,12-13,19H,9-11H2,1-4H3,(H,20,23);2*1H. The van der Waals surface area contributed by atoms with Crippen LogP contribution in [0.15, 0.2) is 24.3 Å². The van der Waals surface area contributed by atoms with Crippen molar-refractivity contribution in [3.63, 3.8) is 0 Å². The number of aromatic nitrogens is 2. The van der Waals surface area contributed by atoms with Crippen molar-refractivity contribution in [2.24, 2.45) is 5.41 Å². The summed E-state index contributed by atoms with van der Waals surface area (Å²) in [5.41, 5.74) is 1.78. The third-order valence-electron chi connectivity index (χ3n) is 4.79. The summed E-state index contributed by atoms with van der Waals surface area (Å²) in [5, 5.41) is 6.45. The summed E-state index contributed by atoms with van der Waals surface area (Å²) < 4.78 is 2.22. The number of rotatable bonds is 4. The minimum Gasteiger partial charge on any atom is -0.346 e. The van der Waals surface area contributed by atoms with E-state index in [-0.39, 0.29) is 42.2 Å². The van der Waals surface area contributed by atoms with Crippen LogP contribution in [0, 0.1) is 5.41 Å². The second kappa shape index (κ2) is 8.39. The molecule has 0 aliphatic carbocycles. The number of benzene rings is 1. The van der Waals surface area contributed by atoms with Gasteiger partial charge in [0.05, 0.1) is 22.5 Å². The fraction of sp³-hybridized carbons (Fsp3) is 0.556. The normalized spacial score (nSPS) is 20.8. The Bertz CT molecular complexity index is 723. The van der Waals surface area contributed by atoms with E-state index in [1.807, 2.05) is 32.0 Å². The molecule has 1 aromatic carbocycles. The van der Waals surface area contributed by atoms with Gasteiger partial charge >= 0.3 is 0 Å². The van der Waals surface area contributed by atoms with Gasteiger partial charge in [0.1, 0.15) is 5.82 Å². The zero-order chi connectivity index (χ0) is 16.6. The Labute approximate surface area is 161 Å². The van der Waals surface area contributed by atoms with Crippen molar-refractivity contribution in [3.05, 3.63) is 30.1 Å². The van der Waals surface area contributed by atoms with Crippen LogP contribution in [0.2, 0.25) is 0 Å². The number of fused-ring (bicyclic) bond motifs is 1. The van der Waals surface area contributed by atoms with Crippen molar-refractivity contribution in [1.82, 2.24) is 20.2 Å². The van der Waals surface area contributed by atoms with Crippen LogP contribution < -0.4 is 10.6 Å². The molecule has 3 rings (SSSR count). The smallest absolute Gasteiger partial charge is 0.227 e. The van der Waals surface area contributed by atoms with Crippen LogP contribution in [0.25, 0.3) is 11.0 Å². The van der Waals surface area contributed by atoms with Crippen LogP contribution in [-0.2, 0) is 4.79 Å². The van der Waals surface area contributed by atoms with E-state index >= 15 is 0 Å². The first-order valence-corrected chi connectivity index (χ1v) is 8.41. The molecular formula is C18H28Cl2N4O. The Morgan fingerprint density at radius 2 is 1.96 bits per heavy atom. The summed E-state index contributed by atoms with van der Waals surface area (Å²) in [7, 11) is 0. The lowest BCUT2D eigenvalue weighted by molar-refractivity contribution is -0.130. The van der Waals surface area contributed by atoms with Crippen molar-refractivity contribution >= 4 is 41.8 Å². The summed E-state index contributed by atoms with van der Waals surface area (Å²) in [6, 6.07) is 8.31. The number of carbonyl (C=O) groups is 1. The van der Waals surface area contributed by atoms with Gasteiger partial charge in [0.2, 0.25) is 5.91 Å². The highest BCUT2D eigenvalue weighted by Crippen LogP contribution is 2.28. The number of amides is 1. The molecule has 1 aliphatic rings. The van der Waals surface area contributed by atoms with Crippen molar-refractivity contribution in [1.29, 1.82) is 0 Å². The molecule has 0 spiro atoms. The highest BCUT2D eigenvalue weighted by Gasteiger charge is 2.37. The summed E-state index contributed by atoms with van der Waals surface area (Å²) in [6.45, 7) is 9.99. The molecule has 140 valence electrons. The largest absolute Gasteiger partial charge is 0.346 e. The third kappa shape index (κ3) is 4.10. The zero-order valence-corrected chi connectivity index (χ0v) is 16.8. The van der Waals surface area contributed by atoms with E-state index in [1.54, 1.807) is 0 Å². The number of nitrogens with zero attached hydrogens (tertiary/aromatic N) is 2. The lowest BCUT2D eigenvalue weighted by Gasteiger charge is -2.25. The van der Waals surface area contributed by atoms with Gasteiger partial charge in [0.15, 0.2) is 0 Å². The van der Waals surface area contributed by atoms with Gasteiger partial charge in [-0.3, -0.25) is 4.79 Å². The fourth-order valence-electron chi connectivity index (χ4n) is 3.36. The number of imidazole rings is 1. The molecule has 1 aliphatic heterocycles. The SMILES string of the molecule is CC(NC(=O)C1(C)CCNC1)c1nc2ccccc2n1C(C)C.Cl.Cl. The Balaban J connectivity index is 0.00000156. The van der Waals surface area contributed by atoms with Gasteiger partial charge in [-0.15, -0.1) is 24.8 Å². The minimum absolute atomic E-state index is 0. The van der Waals surface area contributed by atoms with Crippen molar-refractivity contribution in [3.8, 4) is 0 Å². The molecule has 0 radical (unpaired) electrons. The fourth-order valence-corrected chi connectivity index (χ4v) is 3.36. The Morgan fingerprint density at radius 1 is 1.28 bits per heavy atom. The quantitative estimate of drug-likeness (QED) is 0.842. The van der Waals surface area contributed by atoms with Gasteiger partial charge in [-0.1, -0.05) is 12.1 Å². The van der Waals surface area contributed by atoms with E-state index < -0.39 is 0 Å². The van der Waals surface area contributed by atoms with Gasteiger partial charge in [-0.05, 0) is 52.8 Å². The molecule has 25 heavy (non-hydrogen) atoms. The van der Waals surface area contributed by atoms with E-state index in [1.165, 1.54) is 0 Å². The first-order chi connectivity index (χ1) is 10.9. The zero-order valence-electron chi connectivity index (χ0n) is 15.2. The van der Waals surface area contributed by atoms with E-state index in [2.05, 4.69) is 35.1 Å². The number of hydrogen-bond acceptors (Lipinski definition) is 3.